The minimum atomic E-state index is -1.27. The molecule has 14 heavy (non-hydrogen) atoms. The Morgan fingerprint density at radius 2 is 1.57 bits per heavy atom. The van der Waals surface area contributed by atoms with Crippen molar-refractivity contribution in [3.05, 3.63) is 29.3 Å². The molecule has 4 nitrogen and oxygen atoms in total. The van der Waals surface area contributed by atoms with E-state index in [0.29, 0.717) is 4.90 Å². The van der Waals surface area contributed by atoms with Crippen LogP contribution in [0.1, 0.15) is 20.7 Å². The fourth-order valence-electron chi connectivity index (χ4n) is 0.896. The SMILES string of the molecule is O=C(O)c1ccc(S)cc1C(=O)O.[NaH]. The van der Waals surface area contributed by atoms with Crippen LogP contribution in [-0.2, 0) is 0 Å². The number of benzene rings is 1. The summed E-state index contributed by atoms with van der Waals surface area (Å²) in [5.41, 5.74) is -0.481. The summed E-state index contributed by atoms with van der Waals surface area (Å²) in [6.07, 6.45) is 0. The van der Waals surface area contributed by atoms with Gasteiger partial charge in [0, 0.05) is 4.90 Å². The molecule has 0 bridgehead atoms. The molecule has 0 fully saturated rings. The third-order valence-corrected chi connectivity index (χ3v) is 1.74. The molecule has 70 valence electrons. The molecule has 1 aromatic rings. The van der Waals surface area contributed by atoms with E-state index in [-0.39, 0.29) is 40.7 Å². The van der Waals surface area contributed by atoms with Gasteiger partial charge in [-0.25, -0.2) is 9.59 Å². The Labute approximate surface area is 108 Å². The molecule has 0 saturated carbocycles. The average Bonchev–Trinajstić information content (AvgIpc) is 2.03. The molecule has 1 rings (SSSR count). The molecule has 1 aromatic carbocycles. The minimum absolute atomic E-state index is 0. The van der Waals surface area contributed by atoms with E-state index in [9.17, 15) is 9.59 Å². The van der Waals surface area contributed by atoms with Gasteiger partial charge in [-0.05, 0) is 18.2 Å². The monoisotopic (exact) mass is 222 g/mol. The van der Waals surface area contributed by atoms with Crippen LogP contribution in [0.5, 0.6) is 0 Å². The number of hydrogen-bond acceptors (Lipinski definition) is 3. The summed E-state index contributed by atoms with van der Waals surface area (Å²) in [6.45, 7) is 0. The first-order valence-electron chi connectivity index (χ1n) is 3.32. The summed E-state index contributed by atoms with van der Waals surface area (Å²) in [7, 11) is 0. The molecule has 0 atom stereocenters. The summed E-state index contributed by atoms with van der Waals surface area (Å²) in [6, 6.07) is 3.85. The second-order valence-corrected chi connectivity index (χ2v) is 2.86. The zero-order valence-corrected chi connectivity index (χ0v) is 7.28. The fraction of sp³-hybridized carbons (Fsp3) is 0. The van der Waals surface area contributed by atoms with Gasteiger partial charge in [-0.15, -0.1) is 12.6 Å². The molecule has 6 heteroatoms. The summed E-state index contributed by atoms with van der Waals surface area (Å²) in [5.74, 6) is -2.53. The molecule has 0 radical (unpaired) electrons. The molecule has 0 aromatic heterocycles. The first kappa shape index (κ1) is 13.5. The quantitative estimate of drug-likeness (QED) is 0.509. The van der Waals surface area contributed by atoms with Gasteiger partial charge < -0.3 is 10.2 Å². The van der Waals surface area contributed by atoms with Crippen molar-refractivity contribution >= 4 is 54.1 Å². The molecule has 2 N–H and O–H groups in total. The van der Waals surface area contributed by atoms with Crippen molar-refractivity contribution in [3.8, 4) is 0 Å². The predicted molar refractivity (Wildman–Crippen MR) is 54.8 cm³/mol. The molecule has 0 heterocycles. The maximum atomic E-state index is 10.6. The number of hydrogen-bond donors (Lipinski definition) is 3. The van der Waals surface area contributed by atoms with E-state index in [0.717, 1.165) is 0 Å². The normalized spacial score (nSPS) is 8.93. The van der Waals surface area contributed by atoms with Gasteiger partial charge in [-0.3, -0.25) is 0 Å². The number of carboxylic acids is 2. The molecule has 0 saturated heterocycles. The van der Waals surface area contributed by atoms with Crippen molar-refractivity contribution in [2.75, 3.05) is 0 Å². The van der Waals surface area contributed by atoms with Crippen molar-refractivity contribution in [3.63, 3.8) is 0 Å². The van der Waals surface area contributed by atoms with Crippen molar-refractivity contribution < 1.29 is 19.8 Å². The molecule has 0 amide bonds. The van der Waals surface area contributed by atoms with Crippen LogP contribution in [0.2, 0.25) is 0 Å². The average molecular weight is 222 g/mol. The van der Waals surface area contributed by atoms with Crippen LogP contribution in [0.4, 0.5) is 0 Å². The number of aromatic carboxylic acids is 2. The Balaban J connectivity index is 0.00000169. The Hall–Kier alpha value is -0.490. The van der Waals surface area contributed by atoms with E-state index in [2.05, 4.69) is 12.6 Å². The molecule has 0 spiro atoms. The second-order valence-electron chi connectivity index (χ2n) is 2.34. The van der Waals surface area contributed by atoms with Crippen LogP contribution in [0.3, 0.4) is 0 Å². The number of rotatable bonds is 2. The third kappa shape index (κ3) is 3.02. The Morgan fingerprint density at radius 1 is 1.07 bits per heavy atom. The second kappa shape index (κ2) is 5.41. The molecule has 0 aliphatic carbocycles. The van der Waals surface area contributed by atoms with Gasteiger partial charge in [0.2, 0.25) is 0 Å². The Morgan fingerprint density at radius 3 is 2.00 bits per heavy atom. The molecule has 0 aliphatic heterocycles. The topological polar surface area (TPSA) is 74.6 Å². The molecule has 0 unspecified atom stereocenters. The van der Waals surface area contributed by atoms with Crippen LogP contribution in [0, 0.1) is 0 Å². The van der Waals surface area contributed by atoms with Crippen molar-refractivity contribution in [2.24, 2.45) is 0 Å². The Kier molecular flexibility index (Phi) is 5.22. The first-order valence-corrected chi connectivity index (χ1v) is 3.76. The predicted octanol–water partition coefficient (Wildman–Crippen LogP) is 0.723. The van der Waals surface area contributed by atoms with E-state index in [1.165, 1.54) is 18.2 Å². The van der Waals surface area contributed by atoms with Crippen LogP contribution in [0.15, 0.2) is 23.1 Å². The number of thiol groups is 1. The van der Waals surface area contributed by atoms with Crippen LogP contribution < -0.4 is 0 Å². The van der Waals surface area contributed by atoms with Gasteiger partial charge in [-0.2, -0.15) is 0 Å². The molecular formula is C8H7NaO4S. The van der Waals surface area contributed by atoms with E-state index < -0.39 is 11.9 Å². The van der Waals surface area contributed by atoms with Gasteiger partial charge >= 0.3 is 41.5 Å². The summed E-state index contributed by atoms with van der Waals surface area (Å²) >= 11 is 3.91. The van der Waals surface area contributed by atoms with Gasteiger partial charge in [0.25, 0.3) is 0 Å². The summed E-state index contributed by atoms with van der Waals surface area (Å²) in [5, 5.41) is 17.3. The van der Waals surface area contributed by atoms with Gasteiger partial charge in [0.1, 0.15) is 0 Å². The summed E-state index contributed by atoms with van der Waals surface area (Å²) in [4.78, 5) is 21.5. The fourth-order valence-corrected chi connectivity index (χ4v) is 1.10. The van der Waals surface area contributed by atoms with Gasteiger partial charge in [0.05, 0.1) is 11.1 Å². The van der Waals surface area contributed by atoms with E-state index in [4.69, 9.17) is 10.2 Å². The van der Waals surface area contributed by atoms with Gasteiger partial charge in [-0.1, -0.05) is 0 Å². The van der Waals surface area contributed by atoms with E-state index in [1.807, 2.05) is 0 Å². The maximum absolute atomic E-state index is 10.6. The zero-order valence-electron chi connectivity index (χ0n) is 6.39. The van der Waals surface area contributed by atoms with Crippen LogP contribution >= 0.6 is 12.6 Å². The van der Waals surface area contributed by atoms with E-state index >= 15 is 0 Å². The zero-order chi connectivity index (χ0) is 10.0. The van der Waals surface area contributed by atoms with Crippen LogP contribution in [0.25, 0.3) is 0 Å². The molecule has 0 aliphatic rings. The standard InChI is InChI=1S/C8H6O4S.Na.H/c9-7(10)5-2-1-4(13)3-6(5)8(11)12;;/h1-3,13H,(H,9,10)(H,11,12);;. The molecular weight excluding hydrogens is 215 g/mol. The number of carbonyl (C=O) groups is 2. The van der Waals surface area contributed by atoms with Gasteiger partial charge in [0.15, 0.2) is 0 Å². The van der Waals surface area contributed by atoms with E-state index in [1.54, 1.807) is 0 Å². The number of carboxylic acid groups (broad SMARTS) is 2. The third-order valence-electron chi connectivity index (χ3n) is 1.46. The van der Waals surface area contributed by atoms with Crippen molar-refractivity contribution in [2.45, 2.75) is 4.90 Å². The van der Waals surface area contributed by atoms with Crippen molar-refractivity contribution in [1.29, 1.82) is 0 Å². The first-order chi connectivity index (χ1) is 6.02. The van der Waals surface area contributed by atoms with Crippen molar-refractivity contribution in [1.82, 2.24) is 0 Å². The summed E-state index contributed by atoms with van der Waals surface area (Å²) < 4.78 is 0. The van der Waals surface area contributed by atoms with Crippen LogP contribution in [-0.4, -0.2) is 51.7 Å². The Bertz CT molecular complexity index is 378.